The normalized spacial score (nSPS) is 13.9. The largest absolute Gasteiger partial charge is 0.416 e. The van der Waals surface area contributed by atoms with Gasteiger partial charge >= 0.3 is 6.18 Å². The zero-order valence-electron chi connectivity index (χ0n) is 8.31. The highest BCUT2D eigenvalue weighted by atomic mass is 35.5. The molecule has 0 amide bonds. The Kier molecular flexibility index (Phi) is 4.03. The number of benzene rings is 1. The van der Waals surface area contributed by atoms with Gasteiger partial charge in [-0.3, -0.25) is 0 Å². The highest BCUT2D eigenvalue weighted by Crippen LogP contribution is 2.30. The first-order valence-corrected chi connectivity index (χ1v) is 5.25. The van der Waals surface area contributed by atoms with Gasteiger partial charge in [0, 0.05) is 5.88 Å². The molecule has 0 bridgehead atoms. The maximum atomic E-state index is 12.3. The first-order chi connectivity index (χ1) is 6.99. The van der Waals surface area contributed by atoms with Crippen molar-refractivity contribution in [1.82, 2.24) is 0 Å². The molecule has 0 saturated carbocycles. The Morgan fingerprint density at radius 1 is 1.20 bits per heavy atom. The Balaban J connectivity index is 2.89. The second kappa shape index (κ2) is 4.88. The van der Waals surface area contributed by atoms with Crippen molar-refractivity contribution in [2.45, 2.75) is 25.4 Å². The topological polar surface area (TPSA) is 0 Å². The van der Waals surface area contributed by atoms with E-state index in [-0.39, 0.29) is 5.92 Å². The molecule has 0 radical (unpaired) electrons. The molecule has 0 nitrogen and oxygen atoms in total. The maximum Gasteiger partial charge on any atom is 0.416 e. The molecule has 1 aromatic carbocycles. The summed E-state index contributed by atoms with van der Waals surface area (Å²) < 4.78 is 36.8. The number of hydrogen-bond donors (Lipinski definition) is 0. The van der Waals surface area contributed by atoms with Crippen LogP contribution < -0.4 is 0 Å². The molecule has 0 N–H and O–H groups in total. The summed E-state index contributed by atoms with van der Waals surface area (Å²) in [6.45, 7) is 1.96. The molecule has 84 valence electrons. The van der Waals surface area contributed by atoms with Crippen molar-refractivity contribution < 1.29 is 13.2 Å². The Labute approximate surface area is 92.1 Å². The summed E-state index contributed by atoms with van der Waals surface area (Å²) in [4.78, 5) is 0. The highest BCUT2D eigenvalue weighted by Gasteiger charge is 2.30. The fraction of sp³-hybridized carbons (Fsp3) is 0.455. The van der Waals surface area contributed by atoms with Crippen LogP contribution in [0.5, 0.6) is 0 Å². The van der Waals surface area contributed by atoms with Crippen LogP contribution in [0, 0.1) is 0 Å². The van der Waals surface area contributed by atoms with Gasteiger partial charge in [0.25, 0.3) is 0 Å². The molecule has 1 rings (SSSR count). The quantitative estimate of drug-likeness (QED) is 0.681. The van der Waals surface area contributed by atoms with Gasteiger partial charge in [0.1, 0.15) is 0 Å². The highest BCUT2D eigenvalue weighted by molar-refractivity contribution is 6.18. The maximum absolute atomic E-state index is 12.3. The molecule has 1 aromatic rings. The van der Waals surface area contributed by atoms with E-state index in [4.69, 9.17) is 11.6 Å². The van der Waals surface area contributed by atoms with E-state index in [1.807, 2.05) is 6.92 Å². The number of rotatable bonds is 3. The lowest BCUT2D eigenvalue weighted by molar-refractivity contribution is -0.137. The van der Waals surface area contributed by atoms with Crippen LogP contribution in [0.1, 0.15) is 30.4 Å². The molecule has 0 aliphatic carbocycles. The Morgan fingerprint density at radius 3 is 2.07 bits per heavy atom. The first-order valence-electron chi connectivity index (χ1n) is 4.72. The van der Waals surface area contributed by atoms with Gasteiger partial charge in [-0.2, -0.15) is 13.2 Å². The van der Waals surface area contributed by atoms with Gasteiger partial charge in [-0.1, -0.05) is 19.1 Å². The minimum absolute atomic E-state index is 0.133. The Hall–Kier alpha value is -0.700. The van der Waals surface area contributed by atoms with E-state index >= 15 is 0 Å². The van der Waals surface area contributed by atoms with Crippen LogP contribution in [0.15, 0.2) is 24.3 Å². The van der Waals surface area contributed by atoms with Crippen LogP contribution in [0.3, 0.4) is 0 Å². The van der Waals surface area contributed by atoms with Crippen LogP contribution in [0.4, 0.5) is 13.2 Å². The smallest absolute Gasteiger partial charge is 0.166 e. The van der Waals surface area contributed by atoms with Crippen molar-refractivity contribution in [3.05, 3.63) is 35.4 Å². The molecule has 0 spiro atoms. The van der Waals surface area contributed by atoms with Crippen LogP contribution in [-0.2, 0) is 6.18 Å². The molecule has 15 heavy (non-hydrogen) atoms. The lowest BCUT2D eigenvalue weighted by Gasteiger charge is -2.13. The fourth-order valence-electron chi connectivity index (χ4n) is 1.38. The summed E-state index contributed by atoms with van der Waals surface area (Å²) in [7, 11) is 0. The van der Waals surface area contributed by atoms with Gasteiger partial charge < -0.3 is 0 Å². The minimum atomic E-state index is -4.26. The van der Waals surface area contributed by atoms with Crippen molar-refractivity contribution in [3.8, 4) is 0 Å². The number of alkyl halides is 4. The van der Waals surface area contributed by atoms with Gasteiger partial charge in [-0.15, -0.1) is 11.6 Å². The fourth-order valence-corrected chi connectivity index (χ4v) is 1.77. The lowest BCUT2D eigenvalue weighted by Crippen LogP contribution is -2.05. The summed E-state index contributed by atoms with van der Waals surface area (Å²) >= 11 is 5.71. The van der Waals surface area contributed by atoms with Gasteiger partial charge in [0.05, 0.1) is 5.56 Å². The van der Waals surface area contributed by atoms with E-state index in [1.54, 1.807) is 0 Å². The molecule has 0 heterocycles. The van der Waals surface area contributed by atoms with E-state index in [0.717, 1.165) is 24.1 Å². The van der Waals surface area contributed by atoms with Crippen LogP contribution >= 0.6 is 11.6 Å². The van der Waals surface area contributed by atoms with Gasteiger partial charge in [0.2, 0.25) is 0 Å². The molecule has 4 heteroatoms. The van der Waals surface area contributed by atoms with E-state index in [1.165, 1.54) is 12.1 Å². The third kappa shape index (κ3) is 3.13. The third-order valence-electron chi connectivity index (χ3n) is 2.39. The monoisotopic (exact) mass is 236 g/mol. The van der Waals surface area contributed by atoms with E-state index in [0.29, 0.717) is 5.88 Å². The molecule has 1 unspecified atom stereocenters. The Morgan fingerprint density at radius 2 is 1.73 bits per heavy atom. The van der Waals surface area contributed by atoms with Crippen molar-refractivity contribution in [3.63, 3.8) is 0 Å². The predicted molar refractivity (Wildman–Crippen MR) is 55.2 cm³/mol. The standard InChI is InChI=1S/C11H12ClF3/c1-2-8(7-12)9-3-5-10(6-4-9)11(13,14)15/h3-6,8H,2,7H2,1H3. The SMILES string of the molecule is CCC(CCl)c1ccc(C(F)(F)F)cc1. The average Bonchev–Trinajstić information content (AvgIpc) is 2.19. The Bertz CT molecular complexity index is 299. The first kappa shape index (κ1) is 12.4. The van der Waals surface area contributed by atoms with Gasteiger partial charge in [0.15, 0.2) is 0 Å². The van der Waals surface area contributed by atoms with E-state index in [2.05, 4.69) is 0 Å². The van der Waals surface area contributed by atoms with Crippen molar-refractivity contribution >= 4 is 11.6 Å². The molecule has 0 aromatic heterocycles. The number of hydrogen-bond acceptors (Lipinski definition) is 0. The molecular formula is C11H12ClF3. The summed E-state index contributed by atoms with van der Waals surface area (Å²) in [5, 5.41) is 0. The van der Waals surface area contributed by atoms with Crippen molar-refractivity contribution in [2.75, 3.05) is 5.88 Å². The predicted octanol–water partition coefficient (Wildman–Crippen LogP) is 4.44. The average molecular weight is 237 g/mol. The van der Waals surface area contributed by atoms with E-state index in [9.17, 15) is 13.2 Å². The van der Waals surface area contributed by atoms with Crippen molar-refractivity contribution in [2.24, 2.45) is 0 Å². The minimum Gasteiger partial charge on any atom is -0.166 e. The second-order valence-corrected chi connectivity index (χ2v) is 3.69. The molecule has 0 aliphatic heterocycles. The van der Waals surface area contributed by atoms with Crippen molar-refractivity contribution in [1.29, 1.82) is 0 Å². The lowest BCUT2D eigenvalue weighted by atomic mass is 9.97. The molecule has 0 saturated heterocycles. The van der Waals surface area contributed by atoms with Gasteiger partial charge in [-0.05, 0) is 30.0 Å². The third-order valence-corrected chi connectivity index (χ3v) is 2.76. The summed E-state index contributed by atoms with van der Waals surface area (Å²) in [6.07, 6.45) is -3.43. The number of halogens is 4. The molecule has 0 fully saturated rings. The molecule has 1 atom stereocenters. The molecular weight excluding hydrogens is 225 g/mol. The molecule has 0 aliphatic rings. The summed E-state index contributed by atoms with van der Waals surface area (Å²) in [6, 6.07) is 5.20. The van der Waals surface area contributed by atoms with Crippen LogP contribution in [-0.4, -0.2) is 5.88 Å². The zero-order chi connectivity index (χ0) is 11.5. The van der Waals surface area contributed by atoms with Gasteiger partial charge in [-0.25, -0.2) is 0 Å². The second-order valence-electron chi connectivity index (χ2n) is 3.38. The summed E-state index contributed by atoms with van der Waals surface area (Å²) in [5.74, 6) is 0.566. The van der Waals surface area contributed by atoms with Crippen LogP contribution in [0.2, 0.25) is 0 Å². The van der Waals surface area contributed by atoms with E-state index < -0.39 is 11.7 Å². The van der Waals surface area contributed by atoms with Crippen LogP contribution in [0.25, 0.3) is 0 Å². The zero-order valence-corrected chi connectivity index (χ0v) is 9.07. The summed E-state index contributed by atoms with van der Waals surface area (Å²) in [5.41, 5.74) is 0.246.